The van der Waals surface area contributed by atoms with E-state index in [1.54, 1.807) is 5.56 Å². The summed E-state index contributed by atoms with van der Waals surface area (Å²) in [6, 6.07) is 8.37. The lowest BCUT2D eigenvalue weighted by molar-refractivity contribution is -0.0922. The SMILES string of the molecule is CC(C)(C)OC(=O)NCCN1CC[C@@]23c4cc(O[Si](C)(C)C(C)(C)C)ccc4C[C@@H]1[C@]21CC[C@H]2NC[C@@H](C1)[C@H]23. The van der Waals surface area contributed by atoms with Gasteiger partial charge < -0.3 is 19.8 Å². The highest BCUT2D eigenvalue weighted by molar-refractivity contribution is 6.74. The molecule has 2 N–H and O–H groups in total. The van der Waals surface area contributed by atoms with Gasteiger partial charge in [-0.2, -0.15) is 0 Å². The highest BCUT2D eigenvalue weighted by atomic mass is 28.4. The van der Waals surface area contributed by atoms with Crippen LogP contribution in [0.4, 0.5) is 4.79 Å². The van der Waals surface area contributed by atoms with E-state index in [-0.39, 0.29) is 16.5 Å². The van der Waals surface area contributed by atoms with E-state index in [1.807, 2.05) is 20.8 Å². The van der Waals surface area contributed by atoms with E-state index in [1.165, 1.54) is 37.8 Å². The highest BCUT2D eigenvalue weighted by Crippen LogP contribution is 2.74. The normalized spacial score (nSPS) is 35.3. The first kappa shape index (κ1) is 27.6. The van der Waals surface area contributed by atoms with E-state index in [0.717, 1.165) is 37.1 Å². The van der Waals surface area contributed by atoms with Crippen molar-refractivity contribution in [3.8, 4) is 5.75 Å². The molecule has 2 aliphatic heterocycles. The summed E-state index contributed by atoms with van der Waals surface area (Å²) in [7, 11) is -1.92. The van der Waals surface area contributed by atoms with Crippen molar-refractivity contribution in [3.05, 3.63) is 29.3 Å². The maximum absolute atomic E-state index is 12.3. The Morgan fingerprint density at radius 1 is 1.18 bits per heavy atom. The van der Waals surface area contributed by atoms with Crippen LogP contribution in [0, 0.1) is 17.3 Å². The van der Waals surface area contributed by atoms with Crippen LogP contribution in [0.5, 0.6) is 5.75 Å². The van der Waals surface area contributed by atoms with E-state index in [4.69, 9.17) is 9.16 Å². The largest absolute Gasteiger partial charge is 0.543 e. The number of fused-ring (bicyclic) bond motifs is 1. The Hall–Kier alpha value is -1.57. The molecular formula is C32H51N3O3Si. The Morgan fingerprint density at radius 3 is 2.67 bits per heavy atom. The van der Waals surface area contributed by atoms with Crippen LogP contribution < -0.4 is 15.1 Å². The molecule has 3 aliphatic carbocycles. The number of carbonyl (C=O) groups excluding carboxylic acids is 1. The van der Waals surface area contributed by atoms with E-state index in [0.29, 0.717) is 24.0 Å². The fourth-order valence-corrected chi connectivity index (χ4v) is 10.4. The van der Waals surface area contributed by atoms with Gasteiger partial charge in [-0.1, -0.05) is 26.8 Å². The molecule has 2 heterocycles. The van der Waals surface area contributed by atoms with Crippen molar-refractivity contribution < 1.29 is 14.0 Å². The van der Waals surface area contributed by atoms with Crippen LogP contribution in [0.25, 0.3) is 0 Å². The third-order valence-corrected chi connectivity index (χ3v) is 16.0. The van der Waals surface area contributed by atoms with Gasteiger partial charge >= 0.3 is 6.09 Å². The van der Waals surface area contributed by atoms with Crippen molar-refractivity contribution in [2.45, 2.75) is 115 Å². The molecule has 1 aromatic rings. The average molecular weight is 554 g/mol. The molecule has 0 aromatic heterocycles. The van der Waals surface area contributed by atoms with Crippen LogP contribution >= 0.6 is 0 Å². The first-order valence-electron chi connectivity index (χ1n) is 15.4. The number of nitrogens with zero attached hydrogens (tertiary/aromatic N) is 1. The quantitative estimate of drug-likeness (QED) is 0.448. The van der Waals surface area contributed by atoms with E-state index in [2.05, 4.69) is 67.6 Å². The second-order valence-electron chi connectivity index (χ2n) is 15.8. The lowest BCUT2D eigenvalue weighted by Gasteiger charge is -2.66. The zero-order valence-corrected chi connectivity index (χ0v) is 26.6. The topological polar surface area (TPSA) is 62.8 Å². The predicted octanol–water partition coefficient (Wildman–Crippen LogP) is 5.85. The summed E-state index contributed by atoms with van der Waals surface area (Å²) in [6.45, 7) is 21.3. The monoisotopic (exact) mass is 553 g/mol. The zero-order chi connectivity index (χ0) is 28.0. The van der Waals surface area contributed by atoms with Gasteiger partial charge in [-0.3, -0.25) is 4.90 Å². The Morgan fingerprint density at radius 2 is 1.95 bits per heavy atom. The maximum Gasteiger partial charge on any atom is 0.407 e. The summed E-state index contributed by atoms with van der Waals surface area (Å²) >= 11 is 0. The lowest BCUT2D eigenvalue weighted by atomic mass is 9.43. The molecule has 0 spiro atoms. The lowest BCUT2D eigenvalue weighted by Crippen LogP contribution is -2.69. The van der Waals surface area contributed by atoms with Gasteiger partial charge in [-0.05, 0) is 125 Å². The van der Waals surface area contributed by atoms with Crippen molar-refractivity contribution in [1.29, 1.82) is 0 Å². The van der Waals surface area contributed by atoms with E-state index in [9.17, 15) is 4.79 Å². The van der Waals surface area contributed by atoms with Crippen LogP contribution in [0.15, 0.2) is 18.2 Å². The molecule has 2 saturated carbocycles. The minimum Gasteiger partial charge on any atom is -0.543 e. The van der Waals surface area contributed by atoms with E-state index >= 15 is 0 Å². The molecule has 4 fully saturated rings. The maximum atomic E-state index is 12.3. The second-order valence-corrected chi connectivity index (χ2v) is 20.5. The van der Waals surface area contributed by atoms with Crippen molar-refractivity contribution in [2.75, 3.05) is 26.2 Å². The van der Waals surface area contributed by atoms with Crippen molar-refractivity contribution in [2.24, 2.45) is 17.3 Å². The number of carbonyl (C=O) groups is 1. The number of piperidine rings is 1. The minimum atomic E-state index is -1.92. The summed E-state index contributed by atoms with van der Waals surface area (Å²) < 4.78 is 12.4. The molecule has 1 aromatic carbocycles. The number of amides is 1. The Labute approximate surface area is 237 Å². The number of hydrogen-bond acceptors (Lipinski definition) is 5. The Balaban J connectivity index is 1.32. The van der Waals surface area contributed by atoms with Crippen molar-refractivity contribution in [1.82, 2.24) is 15.5 Å². The molecule has 6 rings (SSSR count). The molecule has 5 aliphatic rings. The third-order valence-electron chi connectivity index (χ3n) is 11.7. The fourth-order valence-electron chi connectivity index (χ4n) is 9.33. The standard InChI is InChI=1S/C32H51N3O3Si/c1-29(2,3)37-28(36)33-14-16-35-15-13-32-24-18-23(38-39(7,8)30(4,5)6)10-9-21(24)17-26(35)31(32)12-11-25-27(32)22(19-31)20-34-25/h9-10,18,22,25-27,34H,11-17,19-20H2,1-8H3,(H,33,36)/t22-,25-,26-,27-,31-,32+/m1/s1. The molecule has 4 bridgehead atoms. The Kier molecular flexibility index (Phi) is 6.34. The molecule has 6 atom stereocenters. The van der Waals surface area contributed by atoms with Gasteiger partial charge in [0.2, 0.25) is 8.32 Å². The summed E-state index contributed by atoms with van der Waals surface area (Å²) in [4.78, 5) is 15.1. The minimum absolute atomic E-state index is 0.180. The van der Waals surface area contributed by atoms with Crippen LogP contribution in [0.3, 0.4) is 0 Å². The van der Waals surface area contributed by atoms with Crippen LogP contribution in [-0.2, 0) is 16.6 Å². The summed E-state index contributed by atoms with van der Waals surface area (Å²) in [5, 5.41) is 7.17. The summed E-state index contributed by atoms with van der Waals surface area (Å²) in [6.07, 6.45) is 5.98. The third kappa shape index (κ3) is 4.20. The van der Waals surface area contributed by atoms with Gasteiger partial charge in [0.15, 0.2) is 0 Å². The first-order chi connectivity index (χ1) is 18.2. The molecule has 1 amide bonds. The molecule has 7 heteroatoms. The van der Waals surface area contributed by atoms with Gasteiger partial charge in [-0.15, -0.1) is 0 Å². The fraction of sp³-hybridized carbons (Fsp3) is 0.781. The van der Waals surface area contributed by atoms with Gasteiger partial charge in [0.1, 0.15) is 11.4 Å². The van der Waals surface area contributed by atoms with Crippen LogP contribution in [-0.4, -0.2) is 63.2 Å². The molecule has 39 heavy (non-hydrogen) atoms. The van der Waals surface area contributed by atoms with Crippen molar-refractivity contribution >= 4 is 14.4 Å². The molecule has 2 saturated heterocycles. The summed E-state index contributed by atoms with van der Waals surface area (Å²) in [5.41, 5.74) is 3.26. The van der Waals surface area contributed by atoms with Crippen LogP contribution in [0.2, 0.25) is 18.1 Å². The van der Waals surface area contributed by atoms with Crippen LogP contribution in [0.1, 0.15) is 78.4 Å². The smallest absolute Gasteiger partial charge is 0.407 e. The average Bonchev–Trinajstić information content (AvgIpc) is 3.29. The number of rotatable bonds is 5. The molecule has 0 unspecified atom stereocenters. The highest BCUT2D eigenvalue weighted by Gasteiger charge is 2.74. The van der Waals surface area contributed by atoms with Crippen molar-refractivity contribution in [3.63, 3.8) is 0 Å². The summed E-state index contributed by atoms with van der Waals surface area (Å²) in [5.74, 6) is 2.60. The first-order valence-corrected chi connectivity index (χ1v) is 18.3. The van der Waals surface area contributed by atoms with Gasteiger partial charge in [0.25, 0.3) is 0 Å². The van der Waals surface area contributed by atoms with Gasteiger partial charge in [-0.25, -0.2) is 4.79 Å². The Bertz CT molecular complexity index is 1140. The number of likely N-dealkylation sites (tertiary alicyclic amines) is 1. The predicted molar refractivity (Wildman–Crippen MR) is 159 cm³/mol. The van der Waals surface area contributed by atoms with E-state index < -0.39 is 13.9 Å². The number of ether oxygens (including phenoxy) is 1. The molecular weight excluding hydrogens is 502 g/mol. The van der Waals surface area contributed by atoms with Gasteiger partial charge in [0.05, 0.1) is 0 Å². The second kappa shape index (κ2) is 8.96. The number of alkyl carbamates (subject to hydrolysis) is 1. The molecule has 0 radical (unpaired) electrons. The zero-order valence-electron chi connectivity index (χ0n) is 25.6. The number of benzene rings is 1. The molecule has 216 valence electrons. The number of nitrogens with one attached hydrogen (secondary N) is 2. The molecule has 6 nitrogen and oxygen atoms in total. The van der Waals surface area contributed by atoms with Gasteiger partial charge in [0, 0.05) is 30.6 Å². The number of hydrogen-bond donors (Lipinski definition) is 2.